The molecule has 0 bridgehead atoms. The Hall–Kier alpha value is -4.35. The van der Waals surface area contributed by atoms with Crippen molar-refractivity contribution in [3.63, 3.8) is 0 Å². The molecule has 292 valence electrons. The number of fused-ring (bicyclic) bond motifs is 1. The second kappa shape index (κ2) is 14.3. The quantitative estimate of drug-likeness (QED) is 0.174. The van der Waals surface area contributed by atoms with Crippen molar-refractivity contribution in [2.75, 3.05) is 18.5 Å². The van der Waals surface area contributed by atoms with Crippen molar-refractivity contribution in [1.82, 2.24) is 19.8 Å². The summed E-state index contributed by atoms with van der Waals surface area (Å²) in [6, 6.07) is 23.7. The number of anilines is 1. The lowest BCUT2D eigenvalue weighted by molar-refractivity contribution is -0.138. The van der Waals surface area contributed by atoms with Gasteiger partial charge in [0.05, 0.1) is 40.4 Å². The fraction of sp³-hybridized carbons (Fsp3) is 0.523. The van der Waals surface area contributed by atoms with Crippen LogP contribution in [-0.2, 0) is 19.5 Å². The summed E-state index contributed by atoms with van der Waals surface area (Å²) in [6.45, 7) is 19.4. The largest absolute Gasteiger partial charge is 0.494 e. The lowest BCUT2D eigenvalue weighted by Crippen LogP contribution is -2.51. The van der Waals surface area contributed by atoms with Crippen LogP contribution < -0.4 is 10.4 Å². The highest BCUT2D eigenvalue weighted by Gasteiger charge is 2.52. The van der Waals surface area contributed by atoms with Crippen LogP contribution >= 0.6 is 0 Å². The molecule has 7 rings (SSSR count). The molecule has 55 heavy (non-hydrogen) atoms. The normalized spacial score (nSPS) is 22.9. The fourth-order valence-corrected chi connectivity index (χ4v) is 8.73. The second-order valence-corrected chi connectivity index (χ2v) is 18.2. The van der Waals surface area contributed by atoms with Crippen molar-refractivity contribution in [1.29, 1.82) is 0 Å². The molecule has 3 aromatic carbocycles. The lowest BCUT2D eigenvalue weighted by Gasteiger charge is -2.34. The van der Waals surface area contributed by atoms with Crippen molar-refractivity contribution in [3.8, 4) is 0 Å². The number of H-pyrrole nitrogens is 1. The van der Waals surface area contributed by atoms with E-state index in [1.165, 1.54) is 29.4 Å². The molecule has 0 radical (unpaired) electrons. The molecule has 0 saturated carbocycles. The highest BCUT2D eigenvalue weighted by atomic mass is 16.7. The van der Waals surface area contributed by atoms with Gasteiger partial charge >= 0.3 is 13.2 Å². The molecule has 0 spiro atoms. The van der Waals surface area contributed by atoms with Gasteiger partial charge in [0, 0.05) is 19.3 Å². The van der Waals surface area contributed by atoms with E-state index in [9.17, 15) is 14.7 Å². The van der Waals surface area contributed by atoms with Gasteiger partial charge in [0.15, 0.2) is 0 Å². The van der Waals surface area contributed by atoms with Gasteiger partial charge in [-0.1, -0.05) is 77.1 Å². The van der Waals surface area contributed by atoms with Crippen molar-refractivity contribution in [2.45, 2.75) is 129 Å². The summed E-state index contributed by atoms with van der Waals surface area (Å²) in [4.78, 5) is 39.9. The lowest BCUT2D eigenvalue weighted by atomic mass is 9.78. The Morgan fingerprint density at radius 1 is 0.891 bits per heavy atom. The number of benzene rings is 3. The van der Waals surface area contributed by atoms with E-state index in [1.54, 1.807) is 0 Å². The second-order valence-electron chi connectivity index (χ2n) is 18.2. The minimum absolute atomic E-state index is 0.0520. The third kappa shape index (κ3) is 7.26. The van der Waals surface area contributed by atoms with Gasteiger partial charge in [0.25, 0.3) is 0 Å². The molecule has 1 aromatic heterocycles. The number of aromatic amines is 1. The predicted molar refractivity (Wildman–Crippen MR) is 219 cm³/mol. The number of hydrogen-bond donors (Lipinski definition) is 2. The summed E-state index contributed by atoms with van der Waals surface area (Å²) in [5, 5.41) is 9.71. The van der Waals surface area contributed by atoms with E-state index in [1.807, 2.05) is 18.7 Å². The number of aromatic nitrogens is 2. The summed E-state index contributed by atoms with van der Waals surface area (Å²) >= 11 is 0. The number of likely N-dealkylation sites (N-methyl/N-ethyl adjacent to an activating group) is 1. The smallest absolute Gasteiger partial charge is 0.465 e. The van der Waals surface area contributed by atoms with Gasteiger partial charge < -0.3 is 29.2 Å². The van der Waals surface area contributed by atoms with Gasteiger partial charge in [-0.15, -0.1) is 0 Å². The minimum atomic E-state index is -1.11. The SMILES string of the molecule is CC(C)[C@@H](C(=O)N1CCC[C@H]1c1nc2ccc(C3CCC(c4ccc(B5OC(C)(C)C(C)(C)O5)cc4)N3c3ccc(C(C)(C)C)cc3)cc2[nH]1)N(C)C(=O)O. The molecule has 2 amide bonds. The zero-order chi connectivity index (χ0) is 39.6. The Bertz CT molecular complexity index is 2020. The van der Waals surface area contributed by atoms with E-state index in [4.69, 9.17) is 14.3 Å². The van der Waals surface area contributed by atoms with Crippen LogP contribution in [0.4, 0.5) is 10.5 Å². The van der Waals surface area contributed by atoms with Gasteiger partial charge in [-0.2, -0.15) is 0 Å². The van der Waals surface area contributed by atoms with E-state index in [2.05, 4.69) is 125 Å². The summed E-state index contributed by atoms with van der Waals surface area (Å²) in [5.41, 5.74) is 7.03. The van der Waals surface area contributed by atoms with Crippen LogP contribution in [0.15, 0.2) is 66.7 Å². The molecule has 2 N–H and O–H groups in total. The number of imidazole rings is 1. The molecule has 10 nitrogen and oxygen atoms in total. The Labute approximate surface area is 326 Å². The first-order valence-electron chi connectivity index (χ1n) is 20.0. The van der Waals surface area contributed by atoms with Crippen molar-refractivity contribution in [2.24, 2.45) is 5.92 Å². The number of carbonyl (C=O) groups excluding carboxylic acids is 1. The molecule has 3 fully saturated rings. The Morgan fingerprint density at radius 3 is 2.07 bits per heavy atom. The van der Waals surface area contributed by atoms with Crippen LogP contribution in [0, 0.1) is 5.92 Å². The number of carboxylic acid groups (broad SMARTS) is 1. The average Bonchev–Trinajstić information content (AvgIpc) is 3.91. The first kappa shape index (κ1) is 38.9. The van der Waals surface area contributed by atoms with Gasteiger partial charge in [-0.3, -0.25) is 9.69 Å². The minimum Gasteiger partial charge on any atom is -0.465 e. The van der Waals surface area contributed by atoms with E-state index in [-0.39, 0.29) is 35.4 Å². The topological polar surface area (TPSA) is 111 Å². The first-order chi connectivity index (χ1) is 25.9. The number of hydrogen-bond acceptors (Lipinski definition) is 6. The molecule has 2 unspecified atom stereocenters. The maximum Gasteiger partial charge on any atom is 0.494 e. The molecule has 3 aliphatic heterocycles. The van der Waals surface area contributed by atoms with Crippen LogP contribution in [0.3, 0.4) is 0 Å². The highest BCUT2D eigenvalue weighted by Crippen LogP contribution is 2.48. The molecule has 11 heteroatoms. The first-order valence-corrected chi connectivity index (χ1v) is 20.0. The van der Waals surface area contributed by atoms with Crippen molar-refractivity contribution in [3.05, 3.63) is 89.2 Å². The average molecular weight is 748 g/mol. The summed E-state index contributed by atoms with van der Waals surface area (Å²) in [5.74, 6) is 0.418. The van der Waals surface area contributed by atoms with Crippen LogP contribution in [-0.4, -0.2) is 74.8 Å². The fourth-order valence-electron chi connectivity index (χ4n) is 8.73. The Kier molecular flexibility index (Phi) is 10.1. The molecule has 4 atom stereocenters. The van der Waals surface area contributed by atoms with E-state index in [0.717, 1.165) is 52.9 Å². The molecule has 4 heterocycles. The maximum absolute atomic E-state index is 13.9. The van der Waals surface area contributed by atoms with Gasteiger partial charge in [0.1, 0.15) is 11.9 Å². The summed E-state index contributed by atoms with van der Waals surface area (Å²) < 4.78 is 12.7. The zero-order valence-corrected chi connectivity index (χ0v) is 34.2. The Balaban J connectivity index is 1.19. The third-order valence-electron chi connectivity index (χ3n) is 12.6. The third-order valence-corrected chi connectivity index (χ3v) is 12.6. The maximum atomic E-state index is 13.9. The number of nitrogens with one attached hydrogen (secondary N) is 1. The monoisotopic (exact) mass is 747 g/mol. The molecular formula is C44H58BN5O5. The van der Waals surface area contributed by atoms with Crippen LogP contribution in [0.1, 0.15) is 129 Å². The van der Waals surface area contributed by atoms with Gasteiger partial charge in [0.2, 0.25) is 5.91 Å². The number of carbonyl (C=O) groups is 2. The predicted octanol–water partition coefficient (Wildman–Crippen LogP) is 8.54. The van der Waals surface area contributed by atoms with Gasteiger partial charge in [-0.05, 0) is 111 Å². The van der Waals surface area contributed by atoms with E-state index < -0.39 is 30.5 Å². The van der Waals surface area contributed by atoms with Gasteiger partial charge in [-0.25, -0.2) is 9.78 Å². The molecule has 3 aliphatic rings. The van der Waals surface area contributed by atoms with Crippen LogP contribution in [0.2, 0.25) is 0 Å². The van der Waals surface area contributed by atoms with Crippen molar-refractivity contribution >= 4 is 41.3 Å². The number of likely N-dealkylation sites (tertiary alicyclic amines) is 1. The number of rotatable bonds is 8. The standard InChI is InChI=1S/C44H58BN5O5/c1-27(2)38(48(10)41(52)53)40(51)49-25-11-12-37(49)39-46-33-22-15-29(26-34(33)47-39)36-24-23-35(50(36)32-20-16-30(17-21-32)42(3,4)5)28-13-18-31(19-14-28)45-54-43(6,7)44(8,9)55-45/h13-22,26-27,35-38H,11-12,23-25H2,1-10H3,(H,46,47)(H,52,53)/t35?,36?,37-,38-/m0/s1. The van der Waals surface area contributed by atoms with Crippen molar-refractivity contribution < 1.29 is 24.0 Å². The van der Waals surface area contributed by atoms with E-state index >= 15 is 0 Å². The summed E-state index contributed by atoms with van der Waals surface area (Å²) in [7, 11) is 1.07. The Morgan fingerprint density at radius 2 is 1.49 bits per heavy atom. The molecular weight excluding hydrogens is 689 g/mol. The van der Waals surface area contributed by atoms with Crippen LogP contribution in [0.5, 0.6) is 0 Å². The molecule has 4 aromatic rings. The zero-order valence-electron chi connectivity index (χ0n) is 34.2. The highest BCUT2D eigenvalue weighted by molar-refractivity contribution is 6.62. The summed E-state index contributed by atoms with van der Waals surface area (Å²) in [6.07, 6.45) is 2.48. The molecule has 0 aliphatic carbocycles. The van der Waals surface area contributed by atoms with Crippen LogP contribution in [0.25, 0.3) is 11.0 Å². The number of nitrogens with zero attached hydrogens (tertiary/aromatic N) is 4. The number of amides is 2. The molecule has 3 saturated heterocycles. The van der Waals surface area contributed by atoms with E-state index in [0.29, 0.717) is 6.54 Å².